The molecule has 0 aromatic carbocycles. The molecular formula is C14H20ClIN2O3S. The van der Waals surface area contributed by atoms with Crippen molar-refractivity contribution < 1.29 is 14.4 Å². The maximum Gasteiger partial charge on any atom is 0.172 e. The predicted octanol–water partition coefficient (Wildman–Crippen LogP) is 3.69. The van der Waals surface area contributed by atoms with Crippen molar-refractivity contribution >= 4 is 51.3 Å². The number of aromatic nitrogens is 1. The number of nitrogens with zero attached hydrogens (tertiary/aromatic N) is 2. The van der Waals surface area contributed by atoms with Crippen molar-refractivity contribution in [3.05, 3.63) is 20.5 Å². The first-order valence-electron chi connectivity index (χ1n) is 6.65. The van der Waals surface area contributed by atoms with Crippen LogP contribution in [0.1, 0.15) is 46.4 Å². The van der Waals surface area contributed by atoms with Crippen molar-refractivity contribution in [3.63, 3.8) is 0 Å². The van der Waals surface area contributed by atoms with Crippen LogP contribution < -0.4 is 4.74 Å². The fourth-order valence-electron chi connectivity index (χ4n) is 1.31. The molecule has 0 spiro atoms. The van der Waals surface area contributed by atoms with E-state index in [-0.39, 0.29) is 11.8 Å². The van der Waals surface area contributed by atoms with E-state index >= 15 is 0 Å². The van der Waals surface area contributed by atoms with Gasteiger partial charge in [0, 0.05) is 0 Å². The zero-order valence-corrected chi connectivity index (χ0v) is 16.9. The van der Waals surface area contributed by atoms with E-state index in [2.05, 4.69) is 32.0 Å². The highest BCUT2D eigenvalue weighted by atomic mass is 127. The van der Waals surface area contributed by atoms with Gasteiger partial charge in [-0.05, 0) is 63.3 Å². The van der Waals surface area contributed by atoms with Gasteiger partial charge in [-0.2, -0.15) is 0 Å². The van der Waals surface area contributed by atoms with Crippen molar-refractivity contribution in [3.8, 4) is 5.75 Å². The van der Waals surface area contributed by atoms with Crippen LogP contribution >= 0.6 is 34.2 Å². The Bertz CT molecular complexity index is 539. The number of aliphatic hydroxyl groups excluding tert-OH is 1. The van der Waals surface area contributed by atoms with E-state index in [4.69, 9.17) is 16.3 Å². The second-order valence-electron chi connectivity index (χ2n) is 5.80. The molecule has 0 radical (unpaired) electrons. The normalized spacial score (nSPS) is 15.6. The molecule has 1 heterocycles. The quantitative estimate of drug-likeness (QED) is 0.316. The van der Waals surface area contributed by atoms with Crippen molar-refractivity contribution in [2.75, 3.05) is 6.61 Å². The van der Waals surface area contributed by atoms with Gasteiger partial charge in [0.1, 0.15) is 28.4 Å². The van der Waals surface area contributed by atoms with Crippen molar-refractivity contribution in [1.29, 1.82) is 0 Å². The van der Waals surface area contributed by atoms with E-state index in [0.717, 1.165) is 3.57 Å². The molecule has 0 fully saturated rings. The molecule has 2 unspecified atom stereocenters. The summed E-state index contributed by atoms with van der Waals surface area (Å²) in [5, 5.41) is 9.73. The van der Waals surface area contributed by atoms with Gasteiger partial charge in [-0.1, -0.05) is 16.0 Å². The molecule has 1 aromatic heterocycles. The third-order valence-electron chi connectivity index (χ3n) is 2.52. The lowest BCUT2D eigenvalue weighted by atomic mass is 10.2. The fourth-order valence-corrected chi connectivity index (χ4v) is 3.07. The average molecular weight is 459 g/mol. The number of halogens is 2. The predicted molar refractivity (Wildman–Crippen MR) is 99.1 cm³/mol. The van der Waals surface area contributed by atoms with Gasteiger partial charge >= 0.3 is 0 Å². The van der Waals surface area contributed by atoms with Gasteiger partial charge < -0.3 is 14.4 Å². The van der Waals surface area contributed by atoms with Gasteiger partial charge in [0.2, 0.25) is 0 Å². The van der Waals surface area contributed by atoms with Crippen molar-refractivity contribution in [1.82, 2.24) is 4.98 Å². The summed E-state index contributed by atoms with van der Waals surface area (Å²) in [5.41, 5.74) is 1.10. The molecule has 1 rings (SSSR count). The van der Waals surface area contributed by atoms with Gasteiger partial charge in [0.05, 0.1) is 15.4 Å². The van der Waals surface area contributed by atoms with Crippen molar-refractivity contribution in [2.45, 2.75) is 45.5 Å². The van der Waals surface area contributed by atoms with Crippen LogP contribution in [-0.2, 0) is 11.4 Å². The third kappa shape index (κ3) is 5.84. The Morgan fingerprint density at radius 2 is 2.18 bits per heavy atom. The summed E-state index contributed by atoms with van der Waals surface area (Å²) < 4.78 is 22.0. The Kier molecular flexibility index (Phi) is 7.38. The Hall–Kier alpha value is -0.0900. The Morgan fingerprint density at radius 3 is 2.64 bits per heavy atom. The molecule has 8 heteroatoms. The van der Waals surface area contributed by atoms with E-state index in [1.165, 1.54) is 0 Å². The first-order valence-corrected chi connectivity index (χ1v) is 9.21. The first-order chi connectivity index (χ1) is 10.0. The van der Waals surface area contributed by atoms with E-state index in [1.807, 2.05) is 20.8 Å². The molecule has 0 saturated heterocycles. The van der Waals surface area contributed by atoms with Gasteiger partial charge in [0.25, 0.3) is 0 Å². The summed E-state index contributed by atoms with van der Waals surface area (Å²) in [7, 11) is 0. The molecule has 0 aliphatic rings. The molecule has 2 atom stereocenters. The maximum atomic E-state index is 11.9. The van der Waals surface area contributed by atoms with E-state index < -0.39 is 22.2 Å². The number of hydrogen-bond acceptors (Lipinski definition) is 5. The summed E-state index contributed by atoms with van der Waals surface area (Å²) in [6.45, 7) is 9.13. The summed E-state index contributed by atoms with van der Waals surface area (Å²) in [4.78, 5) is 4.10. The topological polar surface area (TPSA) is 77.8 Å². The van der Waals surface area contributed by atoms with Crippen LogP contribution in [0.25, 0.3) is 0 Å². The molecule has 0 saturated carbocycles. The molecule has 0 aliphatic carbocycles. The zero-order chi connectivity index (χ0) is 17.1. The standard InChI is InChI=1S/C14H20ClIN2O3S/c1-8(18-22(20)14(3,4)5)7-21-12-10(16)6-11(9(2)19)17-13(12)15/h6,9,19H,7H2,1-5H3/b18-8+. The summed E-state index contributed by atoms with van der Waals surface area (Å²) in [5.74, 6) is 0.433. The van der Waals surface area contributed by atoms with Crippen LogP contribution in [0, 0.1) is 3.57 Å². The fraction of sp³-hybridized carbons (Fsp3) is 0.571. The number of aliphatic hydroxyl groups is 1. The molecule has 1 N–H and O–H groups in total. The largest absolute Gasteiger partial charge is 0.591 e. The molecule has 1 aromatic rings. The summed E-state index contributed by atoms with van der Waals surface area (Å²) in [6, 6.07) is 1.71. The van der Waals surface area contributed by atoms with Crippen LogP contribution in [0.5, 0.6) is 5.75 Å². The average Bonchev–Trinajstić information content (AvgIpc) is 2.36. The Labute approximate surface area is 153 Å². The second-order valence-corrected chi connectivity index (χ2v) is 9.23. The van der Waals surface area contributed by atoms with E-state index in [0.29, 0.717) is 17.2 Å². The third-order valence-corrected chi connectivity index (χ3v) is 5.10. The van der Waals surface area contributed by atoms with Crippen molar-refractivity contribution in [2.24, 2.45) is 4.40 Å². The van der Waals surface area contributed by atoms with Crippen LogP contribution in [0.4, 0.5) is 0 Å². The lowest BCUT2D eigenvalue weighted by Gasteiger charge is -2.19. The zero-order valence-electron chi connectivity index (χ0n) is 13.2. The Morgan fingerprint density at radius 1 is 1.59 bits per heavy atom. The van der Waals surface area contributed by atoms with E-state index in [9.17, 15) is 9.66 Å². The minimum atomic E-state index is -1.32. The molecule has 22 heavy (non-hydrogen) atoms. The lowest BCUT2D eigenvalue weighted by Crippen LogP contribution is -2.27. The van der Waals surface area contributed by atoms with Crippen LogP contribution in [-0.4, -0.2) is 31.7 Å². The number of pyridine rings is 1. The van der Waals surface area contributed by atoms with Gasteiger partial charge in [-0.15, -0.1) is 0 Å². The molecular weight excluding hydrogens is 439 g/mol. The molecule has 0 bridgehead atoms. The first kappa shape index (κ1) is 20.0. The van der Waals surface area contributed by atoms with Crippen LogP contribution in [0.15, 0.2) is 10.5 Å². The minimum absolute atomic E-state index is 0.174. The highest BCUT2D eigenvalue weighted by Gasteiger charge is 2.26. The van der Waals surface area contributed by atoms with Gasteiger partial charge in [-0.3, -0.25) is 0 Å². The van der Waals surface area contributed by atoms with Gasteiger partial charge in [0.15, 0.2) is 10.9 Å². The number of ether oxygens (including phenoxy) is 1. The number of rotatable bonds is 5. The summed E-state index contributed by atoms with van der Waals surface area (Å²) >= 11 is 6.84. The minimum Gasteiger partial charge on any atom is -0.591 e. The van der Waals surface area contributed by atoms with Gasteiger partial charge in [-0.25, -0.2) is 4.98 Å². The number of hydrogen-bond donors (Lipinski definition) is 1. The smallest absolute Gasteiger partial charge is 0.172 e. The summed E-state index contributed by atoms with van der Waals surface area (Å²) in [6.07, 6.45) is -0.697. The second kappa shape index (κ2) is 8.14. The SMILES string of the molecule is C/C(COc1c(I)cc(C(C)O)nc1Cl)=N\[S+]([O-])C(C)(C)C. The lowest BCUT2D eigenvalue weighted by molar-refractivity contribution is 0.194. The maximum absolute atomic E-state index is 11.9. The van der Waals surface area contributed by atoms with Crippen LogP contribution in [0.2, 0.25) is 5.15 Å². The highest BCUT2D eigenvalue weighted by Crippen LogP contribution is 2.30. The molecule has 124 valence electrons. The Balaban J connectivity index is 2.83. The molecule has 5 nitrogen and oxygen atoms in total. The molecule has 0 aliphatic heterocycles. The highest BCUT2D eigenvalue weighted by molar-refractivity contribution is 14.1. The monoisotopic (exact) mass is 458 g/mol. The van der Waals surface area contributed by atoms with Crippen LogP contribution in [0.3, 0.4) is 0 Å². The van der Waals surface area contributed by atoms with E-state index in [1.54, 1.807) is 19.9 Å². The molecule has 0 amide bonds.